The van der Waals surface area contributed by atoms with Gasteiger partial charge in [-0.2, -0.15) is 0 Å². The SMILES string of the molecule is CC1CN(c2ncnc3nc[nH]c23)CC(C)O1. The average Bonchev–Trinajstić information content (AvgIpc) is 2.75. The van der Waals surface area contributed by atoms with Crippen LogP contribution >= 0.6 is 0 Å². The minimum absolute atomic E-state index is 0.215. The second kappa shape index (κ2) is 3.96. The van der Waals surface area contributed by atoms with Gasteiger partial charge in [0, 0.05) is 13.1 Å². The van der Waals surface area contributed by atoms with E-state index in [4.69, 9.17) is 4.74 Å². The van der Waals surface area contributed by atoms with Crippen molar-refractivity contribution in [1.29, 1.82) is 0 Å². The monoisotopic (exact) mass is 233 g/mol. The highest BCUT2D eigenvalue weighted by molar-refractivity contribution is 5.82. The Labute approximate surface area is 99.0 Å². The fraction of sp³-hybridized carbons (Fsp3) is 0.545. The Morgan fingerprint density at radius 3 is 2.76 bits per heavy atom. The van der Waals surface area contributed by atoms with Crippen molar-refractivity contribution < 1.29 is 4.74 Å². The number of rotatable bonds is 1. The number of aromatic amines is 1. The fourth-order valence-electron chi connectivity index (χ4n) is 2.34. The van der Waals surface area contributed by atoms with E-state index >= 15 is 0 Å². The molecule has 2 atom stereocenters. The molecule has 2 unspecified atom stereocenters. The van der Waals surface area contributed by atoms with Crippen molar-refractivity contribution in [3.8, 4) is 0 Å². The topological polar surface area (TPSA) is 66.9 Å². The van der Waals surface area contributed by atoms with Crippen LogP contribution in [-0.4, -0.2) is 45.2 Å². The van der Waals surface area contributed by atoms with Gasteiger partial charge in [0.15, 0.2) is 11.5 Å². The largest absolute Gasteiger partial charge is 0.372 e. The lowest BCUT2D eigenvalue weighted by atomic mass is 10.2. The van der Waals surface area contributed by atoms with Gasteiger partial charge < -0.3 is 14.6 Å². The van der Waals surface area contributed by atoms with E-state index in [1.807, 2.05) is 0 Å². The Morgan fingerprint density at radius 1 is 1.24 bits per heavy atom. The van der Waals surface area contributed by atoms with Crippen molar-refractivity contribution in [3.63, 3.8) is 0 Å². The molecular formula is C11H15N5O. The number of imidazole rings is 1. The molecule has 1 aliphatic rings. The summed E-state index contributed by atoms with van der Waals surface area (Å²) in [4.78, 5) is 18.0. The molecule has 0 bridgehead atoms. The van der Waals surface area contributed by atoms with Crippen molar-refractivity contribution in [3.05, 3.63) is 12.7 Å². The summed E-state index contributed by atoms with van der Waals surface area (Å²) < 4.78 is 5.72. The van der Waals surface area contributed by atoms with Gasteiger partial charge in [0.2, 0.25) is 0 Å². The summed E-state index contributed by atoms with van der Waals surface area (Å²) in [6, 6.07) is 0. The minimum atomic E-state index is 0.215. The highest BCUT2D eigenvalue weighted by atomic mass is 16.5. The fourth-order valence-corrected chi connectivity index (χ4v) is 2.34. The number of nitrogens with one attached hydrogen (secondary N) is 1. The first kappa shape index (κ1) is 10.5. The van der Waals surface area contributed by atoms with Gasteiger partial charge in [0.1, 0.15) is 11.8 Å². The Morgan fingerprint density at radius 2 is 2.00 bits per heavy atom. The van der Waals surface area contributed by atoms with Gasteiger partial charge in [-0.25, -0.2) is 15.0 Å². The highest BCUT2D eigenvalue weighted by Gasteiger charge is 2.24. The van der Waals surface area contributed by atoms with E-state index in [0.717, 1.165) is 24.4 Å². The van der Waals surface area contributed by atoms with Gasteiger partial charge in [-0.1, -0.05) is 0 Å². The predicted molar refractivity (Wildman–Crippen MR) is 63.9 cm³/mol. The molecule has 6 nitrogen and oxygen atoms in total. The number of nitrogens with zero attached hydrogens (tertiary/aromatic N) is 4. The third-order valence-electron chi connectivity index (χ3n) is 2.92. The summed E-state index contributed by atoms with van der Waals surface area (Å²) in [6.45, 7) is 5.84. The van der Waals surface area contributed by atoms with E-state index in [1.54, 1.807) is 12.7 Å². The van der Waals surface area contributed by atoms with Crippen LogP contribution in [-0.2, 0) is 4.74 Å². The molecule has 0 saturated carbocycles. The lowest BCUT2D eigenvalue weighted by Crippen LogP contribution is -2.46. The maximum Gasteiger partial charge on any atom is 0.182 e. The molecule has 1 N–H and O–H groups in total. The molecule has 0 amide bonds. The number of fused-ring (bicyclic) bond motifs is 1. The van der Waals surface area contributed by atoms with E-state index in [2.05, 4.69) is 38.7 Å². The van der Waals surface area contributed by atoms with Crippen LogP contribution in [0.4, 0.5) is 5.82 Å². The van der Waals surface area contributed by atoms with Crippen molar-refractivity contribution >= 4 is 17.0 Å². The summed E-state index contributed by atoms with van der Waals surface area (Å²) in [6.07, 6.45) is 3.64. The van der Waals surface area contributed by atoms with Gasteiger partial charge in [-0.15, -0.1) is 0 Å². The van der Waals surface area contributed by atoms with Crippen LogP contribution < -0.4 is 4.90 Å². The molecule has 2 aromatic heterocycles. The lowest BCUT2D eigenvalue weighted by molar-refractivity contribution is -0.00538. The quantitative estimate of drug-likeness (QED) is 0.794. The van der Waals surface area contributed by atoms with Gasteiger partial charge in [-0.3, -0.25) is 0 Å². The molecule has 1 saturated heterocycles. The molecule has 2 aromatic rings. The molecule has 0 aromatic carbocycles. The first-order chi connectivity index (χ1) is 8.24. The van der Waals surface area contributed by atoms with Crippen molar-refractivity contribution in [2.75, 3.05) is 18.0 Å². The summed E-state index contributed by atoms with van der Waals surface area (Å²) in [7, 11) is 0. The zero-order chi connectivity index (χ0) is 11.8. The molecule has 6 heteroatoms. The Kier molecular flexibility index (Phi) is 2.44. The predicted octanol–water partition coefficient (Wildman–Crippen LogP) is 0.967. The number of hydrogen-bond acceptors (Lipinski definition) is 5. The normalized spacial score (nSPS) is 25.4. The number of hydrogen-bond donors (Lipinski definition) is 1. The first-order valence-electron chi connectivity index (χ1n) is 5.78. The number of anilines is 1. The molecule has 1 fully saturated rings. The highest BCUT2D eigenvalue weighted by Crippen LogP contribution is 2.23. The molecule has 0 radical (unpaired) electrons. The van der Waals surface area contributed by atoms with Crippen LogP contribution in [0.1, 0.15) is 13.8 Å². The molecule has 3 rings (SSSR count). The summed E-state index contributed by atoms with van der Waals surface area (Å²) in [5.41, 5.74) is 1.61. The van der Waals surface area contributed by atoms with E-state index in [0.29, 0.717) is 5.65 Å². The zero-order valence-corrected chi connectivity index (χ0v) is 9.92. The van der Waals surface area contributed by atoms with Crippen LogP contribution in [0, 0.1) is 0 Å². The third-order valence-corrected chi connectivity index (χ3v) is 2.92. The molecule has 0 aliphatic carbocycles. The second-order valence-electron chi connectivity index (χ2n) is 4.46. The lowest BCUT2D eigenvalue weighted by Gasteiger charge is -2.36. The Balaban J connectivity index is 2.00. The summed E-state index contributed by atoms with van der Waals surface area (Å²) >= 11 is 0. The molecule has 3 heterocycles. The minimum Gasteiger partial charge on any atom is -0.372 e. The van der Waals surface area contributed by atoms with Gasteiger partial charge in [0.25, 0.3) is 0 Å². The second-order valence-corrected chi connectivity index (χ2v) is 4.46. The van der Waals surface area contributed by atoms with E-state index in [9.17, 15) is 0 Å². The number of aromatic nitrogens is 4. The van der Waals surface area contributed by atoms with Crippen molar-refractivity contribution in [1.82, 2.24) is 19.9 Å². The Bertz CT molecular complexity index is 515. The number of ether oxygens (including phenoxy) is 1. The smallest absolute Gasteiger partial charge is 0.182 e. The van der Waals surface area contributed by atoms with Crippen molar-refractivity contribution in [2.45, 2.75) is 26.1 Å². The third kappa shape index (κ3) is 1.84. The standard InChI is InChI=1S/C11H15N5O/c1-7-3-16(4-8(2)17-7)11-9-10(13-5-12-9)14-6-15-11/h5-8H,3-4H2,1-2H3,(H,12,13,14,15). The summed E-state index contributed by atoms with van der Waals surface area (Å²) in [5.74, 6) is 0.912. The van der Waals surface area contributed by atoms with Gasteiger partial charge in [0.05, 0.1) is 18.5 Å². The number of H-pyrrole nitrogens is 1. The van der Waals surface area contributed by atoms with Crippen molar-refractivity contribution in [2.24, 2.45) is 0 Å². The maximum atomic E-state index is 5.72. The van der Waals surface area contributed by atoms with E-state index < -0.39 is 0 Å². The van der Waals surface area contributed by atoms with Crippen LogP contribution in [0.3, 0.4) is 0 Å². The number of morpholine rings is 1. The van der Waals surface area contributed by atoms with Crippen LogP contribution in [0.2, 0.25) is 0 Å². The average molecular weight is 233 g/mol. The molecule has 0 spiro atoms. The molecule has 1 aliphatic heterocycles. The van der Waals surface area contributed by atoms with Gasteiger partial charge >= 0.3 is 0 Å². The Hall–Kier alpha value is -1.69. The van der Waals surface area contributed by atoms with Gasteiger partial charge in [-0.05, 0) is 13.8 Å². The molecule has 17 heavy (non-hydrogen) atoms. The zero-order valence-electron chi connectivity index (χ0n) is 9.92. The van der Waals surface area contributed by atoms with Crippen LogP contribution in [0.25, 0.3) is 11.2 Å². The van der Waals surface area contributed by atoms with Crippen LogP contribution in [0.5, 0.6) is 0 Å². The molecular weight excluding hydrogens is 218 g/mol. The van der Waals surface area contributed by atoms with Crippen LogP contribution in [0.15, 0.2) is 12.7 Å². The van der Waals surface area contributed by atoms with E-state index in [-0.39, 0.29) is 12.2 Å². The summed E-state index contributed by atoms with van der Waals surface area (Å²) in [5, 5.41) is 0. The van der Waals surface area contributed by atoms with E-state index in [1.165, 1.54) is 0 Å². The molecule has 90 valence electrons. The maximum absolute atomic E-state index is 5.72. The first-order valence-corrected chi connectivity index (χ1v) is 5.78.